The van der Waals surface area contributed by atoms with Crippen LogP contribution >= 0.6 is 0 Å². The van der Waals surface area contributed by atoms with Crippen LogP contribution in [0, 0.1) is 0 Å². The highest BCUT2D eigenvalue weighted by Gasteiger charge is 2.28. The first kappa shape index (κ1) is 19.4. The number of rotatable bonds is 6. The molecule has 0 bridgehead atoms. The van der Waals surface area contributed by atoms with Crippen molar-refractivity contribution in [1.82, 2.24) is 19.4 Å². The average molecular weight is 375 g/mol. The van der Waals surface area contributed by atoms with E-state index in [4.69, 9.17) is 5.73 Å². The van der Waals surface area contributed by atoms with E-state index in [0.717, 1.165) is 51.0 Å². The minimum Gasteiger partial charge on any atom is -0.368 e. The van der Waals surface area contributed by atoms with Gasteiger partial charge in [-0.15, -0.1) is 0 Å². The maximum absolute atomic E-state index is 12.7. The zero-order chi connectivity index (χ0) is 19.2. The summed E-state index contributed by atoms with van der Waals surface area (Å²) in [7, 11) is 0. The maximum Gasteiger partial charge on any atom is 0.237 e. The summed E-state index contributed by atoms with van der Waals surface area (Å²) in [6.45, 7) is 2.72. The Kier molecular flexibility index (Phi) is 6.47. The highest BCUT2D eigenvalue weighted by atomic mass is 16.2. The fourth-order valence-corrected chi connectivity index (χ4v) is 4.06. The minimum absolute atomic E-state index is 0.0877. The van der Waals surface area contributed by atoms with E-state index < -0.39 is 5.91 Å². The molecule has 3 rings (SSSR count). The van der Waals surface area contributed by atoms with Gasteiger partial charge in [0.25, 0.3) is 0 Å². The van der Waals surface area contributed by atoms with Gasteiger partial charge in [0, 0.05) is 57.3 Å². The highest BCUT2D eigenvalue weighted by Crippen LogP contribution is 2.26. The van der Waals surface area contributed by atoms with E-state index in [1.165, 1.54) is 0 Å². The Morgan fingerprint density at radius 1 is 1.19 bits per heavy atom. The maximum atomic E-state index is 12.7. The van der Waals surface area contributed by atoms with Crippen molar-refractivity contribution in [3.05, 3.63) is 18.2 Å². The van der Waals surface area contributed by atoms with Crippen LogP contribution in [0.4, 0.5) is 0 Å². The van der Waals surface area contributed by atoms with Crippen LogP contribution in [-0.2, 0) is 20.9 Å². The molecule has 3 heterocycles. The van der Waals surface area contributed by atoms with Crippen molar-refractivity contribution in [3.8, 4) is 0 Å². The highest BCUT2D eigenvalue weighted by molar-refractivity contribution is 5.79. The molecular formula is C19H29N5O3. The number of hydrogen-bond donors (Lipinski definition) is 1. The van der Waals surface area contributed by atoms with Crippen molar-refractivity contribution in [2.45, 2.75) is 57.4 Å². The third kappa shape index (κ3) is 5.08. The van der Waals surface area contributed by atoms with E-state index in [1.807, 2.05) is 9.80 Å². The van der Waals surface area contributed by atoms with Crippen molar-refractivity contribution in [1.29, 1.82) is 0 Å². The van der Waals surface area contributed by atoms with Crippen LogP contribution in [0.3, 0.4) is 0 Å². The quantitative estimate of drug-likeness (QED) is 0.797. The van der Waals surface area contributed by atoms with Gasteiger partial charge in [0.05, 0.1) is 0 Å². The van der Waals surface area contributed by atoms with Gasteiger partial charge < -0.3 is 20.1 Å². The Balaban J connectivity index is 1.56. The lowest BCUT2D eigenvalue weighted by atomic mass is 9.96. The van der Waals surface area contributed by atoms with Gasteiger partial charge in [-0.2, -0.15) is 0 Å². The predicted octanol–water partition coefficient (Wildman–Crippen LogP) is 0.867. The molecule has 8 nitrogen and oxygen atoms in total. The van der Waals surface area contributed by atoms with Crippen LogP contribution in [0.15, 0.2) is 12.4 Å². The molecule has 2 aliphatic rings. The summed E-state index contributed by atoms with van der Waals surface area (Å²) in [4.78, 5) is 44.1. The summed E-state index contributed by atoms with van der Waals surface area (Å²) in [5.41, 5.74) is 5.31. The topological polar surface area (TPSA) is 102 Å². The first-order valence-electron chi connectivity index (χ1n) is 9.89. The summed E-state index contributed by atoms with van der Waals surface area (Å²) < 4.78 is 1.77. The van der Waals surface area contributed by atoms with Crippen molar-refractivity contribution in [2.24, 2.45) is 5.73 Å². The molecule has 0 aromatic carbocycles. The van der Waals surface area contributed by atoms with E-state index in [0.29, 0.717) is 25.9 Å². The van der Waals surface area contributed by atoms with Crippen molar-refractivity contribution < 1.29 is 14.4 Å². The predicted molar refractivity (Wildman–Crippen MR) is 99.6 cm³/mol. The molecule has 0 aliphatic carbocycles. The number of nitrogens with zero attached hydrogens (tertiary/aromatic N) is 4. The van der Waals surface area contributed by atoms with Gasteiger partial charge in [0.1, 0.15) is 12.4 Å². The van der Waals surface area contributed by atoms with E-state index in [1.54, 1.807) is 17.0 Å². The minimum atomic E-state index is -0.403. The molecule has 2 aliphatic heterocycles. The number of carbonyl (C=O) groups is 3. The molecule has 2 saturated heterocycles. The molecule has 2 fully saturated rings. The number of primary amides is 1. The summed E-state index contributed by atoms with van der Waals surface area (Å²) in [5.74, 6) is 0.779. The number of amides is 3. The lowest BCUT2D eigenvalue weighted by Gasteiger charge is -2.33. The average Bonchev–Trinajstić information content (AvgIpc) is 3.00. The third-order valence-electron chi connectivity index (χ3n) is 5.48. The Bertz CT molecular complexity index is 687. The summed E-state index contributed by atoms with van der Waals surface area (Å²) in [6.07, 6.45) is 9.30. The lowest BCUT2D eigenvalue weighted by molar-refractivity contribution is -0.135. The molecule has 1 atom stereocenters. The van der Waals surface area contributed by atoms with Crippen molar-refractivity contribution in [2.75, 3.05) is 26.2 Å². The van der Waals surface area contributed by atoms with Crippen LogP contribution in [0.1, 0.15) is 56.7 Å². The second-order valence-corrected chi connectivity index (χ2v) is 7.50. The molecule has 0 unspecified atom stereocenters. The van der Waals surface area contributed by atoms with Crippen molar-refractivity contribution >= 4 is 17.7 Å². The zero-order valence-electron chi connectivity index (χ0n) is 15.8. The smallest absolute Gasteiger partial charge is 0.237 e. The number of hydrogen-bond acceptors (Lipinski definition) is 4. The van der Waals surface area contributed by atoms with Gasteiger partial charge in [-0.05, 0) is 25.7 Å². The molecule has 0 saturated carbocycles. The fourth-order valence-electron chi connectivity index (χ4n) is 4.06. The van der Waals surface area contributed by atoms with E-state index in [2.05, 4.69) is 4.98 Å². The van der Waals surface area contributed by atoms with E-state index >= 15 is 0 Å². The largest absolute Gasteiger partial charge is 0.368 e. The van der Waals surface area contributed by atoms with Gasteiger partial charge in [-0.3, -0.25) is 14.4 Å². The number of piperidine rings is 1. The first-order chi connectivity index (χ1) is 13.0. The molecule has 2 N–H and O–H groups in total. The Morgan fingerprint density at radius 3 is 2.85 bits per heavy atom. The van der Waals surface area contributed by atoms with Gasteiger partial charge >= 0.3 is 0 Å². The SMILES string of the molecule is NC(=O)Cn1ccnc1[C@H]1CCCN(C(=O)CCN2CCCCCC2=O)C1. The number of aromatic nitrogens is 2. The van der Waals surface area contributed by atoms with E-state index in [9.17, 15) is 14.4 Å². The lowest BCUT2D eigenvalue weighted by Crippen LogP contribution is -2.42. The summed E-state index contributed by atoms with van der Waals surface area (Å²) >= 11 is 0. The zero-order valence-corrected chi connectivity index (χ0v) is 15.8. The second-order valence-electron chi connectivity index (χ2n) is 7.50. The van der Waals surface area contributed by atoms with Crippen molar-refractivity contribution in [3.63, 3.8) is 0 Å². The monoisotopic (exact) mass is 375 g/mol. The third-order valence-corrected chi connectivity index (χ3v) is 5.48. The number of imidazole rings is 1. The van der Waals surface area contributed by atoms with Gasteiger partial charge in [0.15, 0.2) is 0 Å². The van der Waals surface area contributed by atoms with Crippen LogP contribution < -0.4 is 5.73 Å². The first-order valence-corrected chi connectivity index (χ1v) is 9.89. The molecule has 1 aromatic heterocycles. The molecule has 27 heavy (non-hydrogen) atoms. The Morgan fingerprint density at radius 2 is 2.04 bits per heavy atom. The molecule has 1 aromatic rings. The number of nitrogens with two attached hydrogens (primary N) is 1. The summed E-state index contributed by atoms with van der Waals surface area (Å²) in [5, 5.41) is 0. The normalized spacial score (nSPS) is 21.2. The molecule has 0 spiro atoms. The Hall–Kier alpha value is -2.38. The Labute approximate surface area is 159 Å². The van der Waals surface area contributed by atoms with Crippen LogP contribution in [-0.4, -0.2) is 63.3 Å². The second kappa shape index (κ2) is 9.01. The number of likely N-dealkylation sites (tertiary alicyclic amines) is 2. The fraction of sp³-hybridized carbons (Fsp3) is 0.684. The standard InChI is InChI=1S/C19H29N5O3/c20-16(25)14-24-12-8-21-19(24)15-5-4-10-23(13-15)18(27)7-11-22-9-3-1-2-6-17(22)26/h8,12,15H,1-7,9-11,13-14H2,(H2,20,25)/t15-/m0/s1. The van der Waals surface area contributed by atoms with Crippen LogP contribution in [0.5, 0.6) is 0 Å². The van der Waals surface area contributed by atoms with Gasteiger partial charge in [0.2, 0.25) is 17.7 Å². The van der Waals surface area contributed by atoms with Gasteiger partial charge in [-0.1, -0.05) is 6.42 Å². The van der Waals surface area contributed by atoms with E-state index in [-0.39, 0.29) is 24.3 Å². The molecule has 0 radical (unpaired) electrons. The van der Waals surface area contributed by atoms with Gasteiger partial charge in [-0.25, -0.2) is 4.98 Å². The molecule has 3 amide bonds. The molecular weight excluding hydrogens is 346 g/mol. The number of carbonyl (C=O) groups excluding carboxylic acids is 3. The molecule has 148 valence electrons. The summed E-state index contributed by atoms with van der Waals surface area (Å²) in [6, 6.07) is 0. The molecule has 8 heteroatoms. The van der Waals surface area contributed by atoms with Crippen LogP contribution in [0.25, 0.3) is 0 Å². The van der Waals surface area contributed by atoms with Crippen LogP contribution in [0.2, 0.25) is 0 Å².